The van der Waals surface area contributed by atoms with Gasteiger partial charge in [-0.25, -0.2) is 0 Å². The van der Waals surface area contributed by atoms with Crippen molar-refractivity contribution in [1.82, 2.24) is 20.1 Å². The van der Waals surface area contributed by atoms with Gasteiger partial charge in [-0.3, -0.25) is 9.36 Å². The zero-order valence-corrected chi connectivity index (χ0v) is 20.4. The van der Waals surface area contributed by atoms with E-state index in [1.54, 1.807) is 11.8 Å². The summed E-state index contributed by atoms with van der Waals surface area (Å²) >= 11 is 1.66. The first-order chi connectivity index (χ1) is 15.5. The van der Waals surface area contributed by atoms with Crippen molar-refractivity contribution in [3.05, 3.63) is 71.0 Å². The average Bonchev–Trinajstić information content (AvgIpc) is 3.20. The molecule has 0 radical (unpaired) electrons. The highest BCUT2D eigenvalue weighted by atomic mass is 32.2. The van der Waals surface area contributed by atoms with E-state index in [4.69, 9.17) is 0 Å². The number of thioether (sulfide) groups is 1. The molecule has 1 unspecified atom stereocenters. The fraction of sp³-hybridized carbons (Fsp3) is 0.423. The van der Waals surface area contributed by atoms with Gasteiger partial charge in [0.1, 0.15) is 0 Å². The molecule has 0 fully saturated rings. The van der Waals surface area contributed by atoms with E-state index in [-0.39, 0.29) is 11.8 Å². The molecule has 170 valence electrons. The zero-order chi connectivity index (χ0) is 22.9. The maximum absolute atomic E-state index is 12.7. The van der Waals surface area contributed by atoms with Gasteiger partial charge < -0.3 is 5.32 Å². The van der Waals surface area contributed by atoms with Crippen LogP contribution in [-0.2, 0) is 17.1 Å². The van der Waals surface area contributed by atoms with E-state index in [0.29, 0.717) is 6.54 Å². The Bertz CT molecular complexity index is 1010. The monoisotopic (exact) mass is 450 g/mol. The third-order valence-electron chi connectivity index (χ3n) is 5.63. The maximum atomic E-state index is 12.7. The first-order valence-corrected chi connectivity index (χ1v) is 12.5. The summed E-state index contributed by atoms with van der Waals surface area (Å²) in [6.45, 7) is 8.78. The van der Waals surface area contributed by atoms with E-state index >= 15 is 0 Å². The second-order valence-corrected chi connectivity index (χ2v) is 9.26. The number of carbonyl (C=O) groups excluding carboxylic acids is 1. The van der Waals surface area contributed by atoms with Crippen molar-refractivity contribution in [1.29, 1.82) is 0 Å². The van der Waals surface area contributed by atoms with Crippen molar-refractivity contribution < 1.29 is 4.79 Å². The van der Waals surface area contributed by atoms with Gasteiger partial charge in [-0.15, -0.1) is 10.2 Å². The fourth-order valence-electron chi connectivity index (χ4n) is 3.69. The van der Waals surface area contributed by atoms with Gasteiger partial charge in [-0.05, 0) is 44.4 Å². The minimum absolute atomic E-state index is 0.0564. The summed E-state index contributed by atoms with van der Waals surface area (Å²) in [7, 11) is 0. The minimum Gasteiger partial charge on any atom is -0.349 e. The number of amides is 1. The quantitative estimate of drug-likeness (QED) is 0.364. The lowest BCUT2D eigenvalue weighted by Gasteiger charge is -2.15. The standard InChI is InChI=1S/C26H34N4OS/c1-5-7-11-22(6-2)25(31)27-17-24-28-29-26(30(24)23-14-12-19(3)13-15-23)32-18-21-10-8-9-20(4)16-21/h8-10,12-16,22H,5-7,11,17-18H2,1-4H3,(H,27,31). The van der Waals surface area contributed by atoms with Crippen molar-refractivity contribution in [2.24, 2.45) is 5.92 Å². The van der Waals surface area contributed by atoms with Gasteiger partial charge in [0.15, 0.2) is 11.0 Å². The van der Waals surface area contributed by atoms with E-state index in [1.165, 1.54) is 16.7 Å². The van der Waals surface area contributed by atoms with Crippen molar-refractivity contribution >= 4 is 17.7 Å². The molecule has 1 aromatic heterocycles. The van der Waals surface area contributed by atoms with Crippen molar-refractivity contribution in [2.45, 2.75) is 70.8 Å². The highest BCUT2D eigenvalue weighted by Crippen LogP contribution is 2.26. The van der Waals surface area contributed by atoms with Gasteiger partial charge in [0.05, 0.1) is 6.54 Å². The zero-order valence-electron chi connectivity index (χ0n) is 19.6. The molecule has 5 nitrogen and oxygen atoms in total. The van der Waals surface area contributed by atoms with Gasteiger partial charge in [0.25, 0.3) is 0 Å². The van der Waals surface area contributed by atoms with Gasteiger partial charge in [-0.1, -0.05) is 86.0 Å². The molecule has 6 heteroatoms. The number of unbranched alkanes of at least 4 members (excludes halogenated alkanes) is 1. The predicted molar refractivity (Wildman–Crippen MR) is 132 cm³/mol. The van der Waals surface area contributed by atoms with Crippen LogP contribution in [0.1, 0.15) is 62.0 Å². The van der Waals surface area contributed by atoms with E-state index in [2.05, 4.69) is 96.3 Å². The Morgan fingerprint density at radius 2 is 1.84 bits per heavy atom. The first kappa shape index (κ1) is 24.1. The lowest BCUT2D eigenvalue weighted by molar-refractivity contribution is -0.125. The molecule has 3 aromatic rings. The Kier molecular flexibility index (Phi) is 8.91. The third kappa shape index (κ3) is 6.45. The van der Waals surface area contributed by atoms with E-state index in [0.717, 1.165) is 48.1 Å². The Morgan fingerprint density at radius 3 is 2.53 bits per heavy atom. The number of nitrogens with zero attached hydrogens (tertiary/aromatic N) is 3. The molecular weight excluding hydrogens is 416 g/mol. The SMILES string of the molecule is CCCCC(CC)C(=O)NCc1nnc(SCc2cccc(C)c2)n1-c1ccc(C)cc1. The molecule has 0 aliphatic rings. The van der Waals surface area contributed by atoms with Crippen molar-refractivity contribution in [2.75, 3.05) is 0 Å². The van der Waals surface area contributed by atoms with Crippen LogP contribution in [-0.4, -0.2) is 20.7 Å². The molecule has 1 amide bonds. The van der Waals surface area contributed by atoms with Crippen LogP contribution in [0.4, 0.5) is 0 Å². The Hall–Kier alpha value is -2.60. The topological polar surface area (TPSA) is 59.8 Å². The van der Waals surface area contributed by atoms with Crippen LogP contribution < -0.4 is 5.32 Å². The van der Waals surface area contributed by atoms with Gasteiger partial charge in [0.2, 0.25) is 5.91 Å². The third-order valence-corrected chi connectivity index (χ3v) is 6.63. The number of carbonyl (C=O) groups is 1. The second-order valence-electron chi connectivity index (χ2n) is 8.31. The number of aryl methyl sites for hydroxylation is 2. The molecule has 0 saturated carbocycles. The Labute approximate surface area is 196 Å². The number of hydrogen-bond acceptors (Lipinski definition) is 4. The molecular formula is C26H34N4OS. The largest absolute Gasteiger partial charge is 0.349 e. The summed E-state index contributed by atoms with van der Waals surface area (Å²) < 4.78 is 2.06. The molecule has 0 aliphatic heterocycles. The Balaban J connectivity index is 1.79. The minimum atomic E-state index is 0.0564. The number of benzene rings is 2. The fourth-order valence-corrected chi connectivity index (χ4v) is 4.61. The molecule has 0 bridgehead atoms. The summed E-state index contributed by atoms with van der Waals surface area (Å²) in [6, 6.07) is 16.9. The lowest BCUT2D eigenvalue weighted by atomic mass is 9.98. The number of hydrogen-bond donors (Lipinski definition) is 1. The predicted octanol–water partition coefficient (Wildman–Crippen LogP) is 6.01. The second kappa shape index (κ2) is 11.9. The van der Waals surface area contributed by atoms with Crippen LogP contribution >= 0.6 is 11.8 Å². The molecule has 3 rings (SSSR count). The van der Waals surface area contributed by atoms with Crippen LogP contribution in [0, 0.1) is 19.8 Å². The molecule has 0 spiro atoms. The molecule has 1 atom stereocenters. The Morgan fingerprint density at radius 1 is 1.06 bits per heavy atom. The first-order valence-electron chi connectivity index (χ1n) is 11.5. The average molecular weight is 451 g/mol. The molecule has 0 saturated heterocycles. The van der Waals surface area contributed by atoms with Crippen LogP contribution in [0.2, 0.25) is 0 Å². The van der Waals surface area contributed by atoms with Crippen LogP contribution in [0.25, 0.3) is 5.69 Å². The van der Waals surface area contributed by atoms with Crippen molar-refractivity contribution in [3.8, 4) is 5.69 Å². The van der Waals surface area contributed by atoms with Crippen molar-refractivity contribution in [3.63, 3.8) is 0 Å². The van der Waals surface area contributed by atoms with Crippen LogP contribution in [0.5, 0.6) is 0 Å². The molecule has 32 heavy (non-hydrogen) atoms. The molecule has 1 heterocycles. The number of rotatable bonds is 11. The number of aromatic nitrogens is 3. The molecule has 1 N–H and O–H groups in total. The lowest BCUT2D eigenvalue weighted by Crippen LogP contribution is -2.31. The summed E-state index contributed by atoms with van der Waals surface area (Å²) in [5, 5.41) is 12.8. The summed E-state index contributed by atoms with van der Waals surface area (Å²) in [4.78, 5) is 12.7. The van der Waals surface area contributed by atoms with E-state index in [9.17, 15) is 4.79 Å². The smallest absolute Gasteiger partial charge is 0.223 e. The van der Waals surface area contributed by atoms with Crippen LogP contribution in [0.3, 0.4) is 0 Å². The number of nitrogens with one attached hydrogen (secondary N) is 1. The van der Waals surface area contributed by atoms with Crippen LogP contribution in [0.15, 0.2) is 53.7 Å². The highest BCUT2D eigenvalue weighted by Gasteiger charge is 2.19. The molecule has 0 aliphatic carbocycles. The van der Waals surface area contributed by atoms with Gasteiger partial charge in [0, 0.05) is 17.4 Å². The highest BCUT2D eigenvalue weighted by molar-refractivity contribution is 7.98. The van der Waals surface area contributed by atoms with Gasteiger partial charge in [-0.2, -0.15) is 0 Å². The van der Waals surface area contributed by atoms with E-state index < -0.39 is 0 Å². The summed E-state index contributed by atoms with van der Waals surface area (Å²) in [5.74, 6) is 1.72. The summed E-state index contributed by atoms with van der Waals surface area (Å²) in [6.07, 6.45) is 3.97. The van der Waals surface area contributed by atoms with Gasteiger partial charge >= 0.3 is 0 Å². The summed E-state index contributed by atoms with van der Waals surface area (Å²) in [5.41, 5.74) is 4.71. The maximum Gasteiger partial charge on any atom is 0.223 e. The van der Waals surface area contributed by atoms with E-state index in [1.807, 2.05) is 0 Å². The molecule has 2 aromatic carbocycles. The normalized spacial score (nSPS) is 12.0.